The third-order valence-corrected chi connectivity index (χ3v) is 2.99. The van der Waals surface area contributed by atoms with Gasteiger partial charge in [0.2, 0.25) is 5.88 Å². The molecule has 2 N–H and O–H groups in total. The van der Waals surface area contributed by atoms with Crippen LogP contribution in [0.3, 0.4) is 0 Å². The minimum absolute atomic E-state index is 0.0388. The van der Waals surface area contributed by atoms with Crippen LogP contribution in [-0.4, -0.2) is 29.1 Å². The van der Waals surface area contributed by atoms with Gasteiger partial charge in [0, 0.05) is 6.20 Å². The largest absolute Gasteiger partial charge is 0.480 e. The van der Waals surface area contributed by atoms with Crippen LogP contribution in [0.5, 0.6) is 5.88 Å². The quantitative estimate of drug-likeness (QED) is 0.906. The lowest BCUT2D eigenvalue weighted by Gasteiger charge is -2.09. The molecule has 0 unspecified atom stereocenters. The molecule has 6 nitrogen and oxygen atoms in total. The van der Waals surface area contributed by atoms with Gasteiger partial charge in [-0.3, -0.25) is 4.79 Å². The number of hydrogen-bond donors (Lipinski definition) is 2. The van der Waals surface area contributed by atoms with Crippen molar-refractivity contribution >= 4 is 29.2 Å². The fourth-order valence-corrected chi connectivity index (χ4v) is 1.89. The number of carboxylic acid groups (broad SMARTS) is 1. The molecular formula is C14H11ClN2O4. The predicted octanol–water partition coefficient (Wildman–Crippen LogP) is 2.69. The van der Waals surface area contributed by atoms with Crippen molar-refractivity contribution in [2.45, 2.75) is 0 Å². The van der Waals surface area contributed by atoms with Gasteiger partial charge in [-0.2, -0.15) is 0 Å². The number of carboxylic acids is 1. The molecule has 0 aliphatic heterocycles. The maximum atomic E-state index is 12.2. The molecule has 2 rings (SSSR count). The van der Waals surface area contributed by atoms with Crippen molar-refractivity contribution in [2.75, 3.05) is 12.4 Å². The summed E-state index contributed by atoms with van der Waals surface area (Å²) in [5.41, 5.74) is 0.591. The van der Waals surface area contributed by atoms with E-state index < -0.39 is 11.9 Å². The molecule has 1 aromatic carbocycles. The molecule has 0 saturated carbocycles. The summed E-state index contributed by atoms with van der Waals surface area (Å²) in [6.07, 6.45) is 1.50. The highest BCUT2D eigenvalue weighted by Gasteiger charge is 2.15. The number of halogens is 1. The van der Waals surface area contributed by atoms with E-state index in [1.54, 1.807) is 12.1 Å². The van der Waals surface area contributed by atoms with Crippen LogP contribution in [0.1, 0.15) is 20.7 Å². The van der Waals surface area contributed by atoms with Crippen LogP contribution in [0, 0.1) is 0 Å². The van der Waals surface area contributed by atoms with E-state index in [-0.39, 0.29) is 22.0 Å². The summed E-state index contributed by atoms with van der Waals surface area (Å²) in [6, 6.07) is 7.20. The molecule has 0 saturated heterocycles. The smallest absolute Gasteiger partial charge is 0.335 e. The number of ether oxygens (including phenoxy) is 1. The van der Waals surface area contributed by atoms with E-state index in [0.717, 1.165) is 0 Å². The second-order valence-electron chi connectivity index (χ2n) is 4.01. The van der Waals surface area contributed by atoms with E-state index in [0.29, 0.717) is 5.69 Å². The minimum Gasteiger partial charge on any atom is -0.480 e. The molecule has 0 aliphatic rings. The number of nitrogens with one attached hydrogen (secondary N) is 1. The zero-order chi connectivity index (χ0) is 15.4. The van der Waals surface area contributed by atoms with Gasteiger partial charge in [0.1, 0.15) is 5.56 Å². The van der Waals surface area contributed by atoms with Gasteiger partial charge >= 0.3 is 5.97 Å². The van der Waals surface area contributed by atoms with E-state index in [1.165, 1.54) is 31.5 Å². The van der Waals surface area contributed by atoms with Crippen molar-refractivity contribution in [3.8, 4) is 5.88 Å². The fourth-order valence-electron chi connectivity index (χ4n) is 1.67. The van der Waals surface area contributed by atoms with E-state index in [2.05, 4.69) is 10.3 Å². The predicted molar refractivity (Wildman–Crippen MR) is 77.2 cm³/mol. The number of carbonyl (C=O) groups is 2. The molecular weight excluding hydrogens is 296 g/mol. The van der Waals surface area contributed by atoms with Gasteiger partial charge in [-0.05, 0) is 30.3 Å². The Balaban J connectivity index is 2.26. The lowest BCUT2D eigenvalue weighted by Crippen LogP contribution is -2.14. The number of benzene rings is 1. The van der Waals surface area contributed by atoms with Crippen LogP contribution in [0.2, 0.25) is 5.02 Å². The summed E-state index contributed by atoms with van der Waals surface area (Å²) < 4.78 is 5.00. The van der Waals surface area contributed by atoms with Crippen LogP contribution >= 0.6 is 11.6 Å². The number of rotatable bonds is 4. The van der Waals surface area contributed by atoms with E-state index in [1.807, 2.05) is 0 Å². The molecule has 1 heterocycles. The van der Waals surface area contributed by atoms with Crippen molar-refractivity contribution in [1.82, 2.24) is 4.98 Å². The summed E-state index contributed by atoms with van der Waals surface area (Å²) in [6.45, 7) is 0. The lowest BCUT2D eigenvalue weighted by molar-refractivity contribution is 0.0696. The zero-order valence-electron chi connectivity index (χ0n) is 11.0. The fraction of sp³-hybridized carbons (Fsp3) is 0.0714. The number of anilines is 1. The topological polar surface area (TPSA) is 88.5 Å². The molecule has 0 bridgehead atoms. The van der Waals surface area contributed by atoms with E-state index in [9.17, 15) is 9.59 Å². The Morgan fingerprint density at radius 2 is 2.10 bits per heavy atom. The molecule has 0 radical (unpaired) electrons. The maximum Gasteiger partial charge on any atom is 0.335 e. The minimum atomic E-state index is -1.09. The van der Waals surface area contributed by atoms with Gasteiger partial charge in [-0.15, -0.1) is 0 Å². The van der Waals surface area contributed by atoms with Gasteiger partial charge in [0.25, 0.3) is 5.91 Å². The normalized spacial score (nSPS) is 10.0. The molecule has 7 heteroatoms. The van der Waals surface area contributed by atoms with E-state index >= 15 is 0 Å². The van der Waals surface area contributed by atoms with Crippen molar-refractivity contribution in [3.05, 3.63) is 52.7 Å². The average Bonchev–Trinajstić information content (AvgIpc) is 2.48. The van der Waals surface area contributed by atoms with Gasteiger partial charge < -0.3 is 15.2 Å². The maximum absolute atomic E-state index is 12.2. The first-order valence-corrected chi connectivity index (χ1v) is 6.24. The third-order valence-electron chi connectivity index (χ3n) is 2.67. The summed E-state index contributed by atoms with van der Waals surface area (Å²) in [7, 11) is 1.41. The van der Waals surface area contributed by atoms with Gasteiger partial charge in [-0.25, -0.2) is 9.78 Å². The van der Waals surface area contributed by atoms with Crippen LogP contribution in [0.4, 0.5) is 5.69 Å². The number of carbonyl (C=O) groups excluding carboxylic acids is 1. The van der Waals surface area contributed by atoms with Gasteiger partial charge in [0.05, 0.1) is 23.4 Å². The first-order chi connectivity index (χ1) is 10.0. The Bertz CT molecular complexity index is 703. The highest BCUT2D eigenvalue weighted by molar-refractivity contribution is 6.34. The molecule has 0 fully saturated rings. The van der Waals surface area contributed by atoms with Crippen LogP contribution in [0.25, 0.3) is 0 Å². The summed E-state index contributed by atoms with van der Waals surface area (Å²) >= 11 is 5.95. The molecule has 1 aromatic heterocycles. The number of pyridine rings is 1. The summed E-state index contributed by atoms with van der Waals surface area (Å²) in [5, 5.41) is 11.6. The number of amides is 1. The monoisotopic (exact) mass is 306 g/mol. The van der Waals surface area contributed by atoms with Crippen LogP contribution in [-0.2, 0) is 0 Å². The molecule has 108 valence electrons. The van der Waals surface area contributed by atoms with Gasteiger partial charge in [0.15, 0.2) is 0 Å². The molecule has 2 aromatic rings. The number of aromatic nitrogens is 1. The molecule has 1 amide bonds. The molecule has 0 atom stereocenters. The lowest BCUT2D eigenvalue weighted by atomic mass is 10.2. The second kappa shape index (κ2) is 6.23. The Morgan fingerprint density at radius 1 is 1.33 bits per heavy atom. The first kappa shape index (κ1) is 14.8. The van der Waals surface area contributed by atoms with E-state index in [4.69, 9.17) is 21.4 Å². The standard InChI is InChI=1S/C14H11ClN2O4/c1-21-13-9(3-2-6-16-13)12(18)17-11-5-4-8(14(19)20)7-10(11)15/h2-7H,1H3,(H,17,18)(H,19,20). The highest BCUT2D eigenvalue weighted by atomic mass is 35.5. The van der Waals surface area contributed by atoms with Crippen LogP contribution in [0.15, 0.2) is 36.5 Å². The number of hydrogen-bond acceptors (Lipinski definition) is 4. The molecule has 0 aliphatic carbocycles. The van der Waals surface area contributed by atoms with Crippen molar-refractivity contribution < 1.29 is 19.4 Å². The second-order valence-corrected chi connectivity index (χ2v) is 4.42. The van der Waals surface area contributed by atoms with Crippen molar-refractivity contribution in [3.63, 3.8) is 0 Å². The van der Waals surface area contributed by atoms with Crippen LogP contribution < -0.4 is 10.1 Å². The zero-order valence-corrected chi connectivity index (χ0v) is 11.7. The van der Waals surface area contributed by atoms with Crippen molar-refractivity contribution in [2.24, 2.45) is 0 Å². The summed E-state index contributed by atoms with van der Waals surface area (Å²) in [5.74, 6) is -1.36. The Morgan fingerprint density at radius 3 is 2.71 bits per heavy atom. The highest BCUT2D eigenvalue weighted by Crippen LogP contribution is 2.24. The summed E-state index contributed by atoms with van der Waals surface area (Å²) in [4.78, 5) is 26.9. The SMILES string of the molecule is COc1ncccc1C(=O)Nc1ccc(C(=O)O)cc1Cl. The first-order valence-electron chi connectivity index (χ1n) is 5.86. The van der Waals surface area contributed by atoms with Gasteiger partial charge in [-0.1, -0.05) is 11.6 Å². The Labute approximate surface area is 125 Å². The van der Waals surface area contributed by atoms with Crippen molar-refractivity contribution in [1.29, 1.82) is 0 Å². The Kier molecular flexibility index (Phi) is 4.39. The molecule has 21 heavy (non-hydrogen) atoms. The number of aromatic carboxylic acids is 1. The Hall–Kier alpha value is -2.60. The average molecular weight is 307 g/mol. The number of nitrogens with zero attached hydrogens (tertiary/aromatic N) is 1. The third kappa shape index (κ3) is 3.29. The molecule has 0 spiro atoms. The number of methoxy groups -OCH3 is 1.